The highest BCUT2D eigenvalue weighted by Gasteiger charge is 2.03. The monoisotopic (exact) mass is 270 g/mol. The van der Waals surface area contributed by atoms with Crippen LogP contribution in [0.3, 0.4) is 0 Å². The van der Waals surface area contributed by atoms with Crippen molar-refractivity contribution in [1.29, 1.82) is 0 Å². The van der Waals surface area contributed by atoms with Crippen LogP contribution in [0.4, 0.5) is 5.69 Å². The smallest absolute Gasteiger partial charge is 0.223 e. The number of anilines is 1. The van der Waals surface area contributed by atoms with Gasteiger partial charge in [-0.05, 0) is 28.1 Å². The van der Waals surface area contributed by atoms with Crippen LogP contribution in [0, 0.1) is 0 Å². The molecule has 82 valence electrons. The lowest BCUT2D eigenvalue weighted by molar-refractivity contribution is -0.128. The van der Waals surface area contributed by atoms with Crippen molar-refractivity contribution in [3.05, 3.63) is 28.7 Å². The number of nitrogens with one attached hydrogen (secondary N) is 1. The summed E-state index contributed by atoms with van der Waals surface area (Å²) in [6.45, 7) is 0.652. The number of benzene rings is 1. The van der Waals surface area contributed by atoms with Crippen LogP contribution in [0.25, 0.3) is 0 Å². The molecule has 0 bridgehead atoms. The Morgan fingerprint density at radius 2 is 2.07 bits per heavy atom. The van der Waals surface area contributed by atoms with E-state index in [2.05, 4.69) is 21.2 Å². The first kappa shape index (κ1) is 12.0. The van der Waals surface area contributed by atoms with Gasteiger partial charge in [-0.15, -0.1) is 0 Å². The Morgan fingerprint density at radius 1 is 1.40 bits per heavy atom. The maximum atomic E-state index is 11.3. The minimum Gasteiger partial charge on any atom is -0.384 e. The van der Waals surface area contributed by atoms with E-state index in [0.29, 0.717) is 13.0 Å². The SMILES string of the molecule is CN(C)C(=O)CCNc1ccccc1Br. The second-order valence-electron chi connectivity index (χ2n) is 3.44. The average Bonchev–Trinajstić information content (AvgIpc) is 2.20. The normalized spacial score (nSPS) is 9.80. The van der Waals surface area contributed by atoms with Gasteiger partial charge in [-0.2, -0.15) is 0 Å². The van der Waals surface area contributed by atoms with Gasteiger partial charge in [-0.3, -0.25) is 4.79 Å². The van der Waals surface area contributed by atoms with Crippen molar-refractivity contribution >= 4 is 27.5 Å². The van der Waals surface area contributed by atoms with Gasteiger partial charge in [0.1, 0.15) is 0 Å². The molecular weight excluding hydrogens is 256 g/mol. The molecule has 4 heteroatoms. The molecule has 0 radical (unpaired) electrons. The lowest BCUT2D eigenvalue weighted by Crippen LogP contribution is -2.23. The van der Waals surface area contributed by atoms with Crippen LogP contribution >= 0.6 is 15.9 Å². The molecule has 0 aliphatic rings. The van der Waals surface area contributed by atoms with Gasteiger partial charge in [0.05, 0.1) is 0 Å². The summed E-state index contributed by atoms with van der Waals surface area (Å²) in [7, 11) is 3.53. The van der Waals surface area contributed by atoms with Gasteiger partial charge in [0.15, 0.2) is 0 Å². The van der Waals surface area contributed by atoms with Crippen LogP contribution < -0.4 is 5.32 Å². The van der Waals surface area contributed by atoms with Crippen molar-refractivity contribution in [2.75, 3.05) is 26.0 Å². The highest BCUT2D eigenvalue weighted by molar-refractivity contribution is 9.10. The molecule has 1 N–H and O–H groups in total. The molecule has 0 aliphatic carbocycles. The Kier molecular flexibility index (Phi) is 4.62. The summed E-state index contributed by atoms with van der Waals surface area (Å²) in [5.74, 6) is 0.134. The molecule has 0 heterocycles. The van der Waals surface area contributed by atoms with Gasteiger partial charge in [-0.1, -0.05) is 12.1 Å². The third kappa shape index (κ3) is 3.91. The number of rotatable bonds is 4. The molecule has 0 spiro atoms. The summed E-state index contributed by atoms with van der Waals surface area (Å²) in [5, 5.41) is 3.20. The Labute approximate surface area is 98.6 Å². The minimum atomic E-state index is 0.134. The van der Waals surface area contributed by atoms with Crippen molar-refractivity contribution in [2.45, 2.75) is 6.42 Å². The van der Waals surface area contributed by atoms with Gasteiger partial charge < -0.3 is 10.2 Å². The summed E-state index contributed by atoms with van der Waals surface area (Å²) >= 11 is 3.43. The first-order chi connectivity index (χ1) is 7.11. The summed E-state index contributed by atoms with van der Waals surface area (Å²) in [6, 6.07) is 7.86. The van der Waals surface area contributed by atoms with E-state index in [4.69, 9.17) is 0 Å². The van der Waals surface area contributed by atoms with Crippen molar-refractivity contribution in [1.82, 2.24) is 4.90 Å². The molecule has 1 rings (SSSR count). The number of carbonyl (C=O) groups is 1. The summed E-state index contributed by atoms with van der Waals surface area (Å²) in [4.78, 5) is 12.9. The maximum absolute atomic E-state index is 11.3. The molecule has 1 aromatic rings. The highest BCUT2D eigenvalue weighted by Crippen LogP contribution is 2.20. The van der Waals surface area contributed by atoms with E-state index in [0.717, 1.165) is 10.2 Å². The fourth-order valence-electron chi connectivity index (χ4n) is 1.13. The van der Waals surface area contributed by atoms with E-state index in [1.165, 1.54) is 0 Å². The fraction of sp³-hybridized carbons (Fsp3) is 0.364. The lowest BCUT2D eigenvalue weighted by Gasteiger charge is -2.11. The van der Waals surface area contributed by atoms with E-state index in [1.807, 2.05) is 24.3 Å². The van der Waals surface area contributed by atoms with Crippen molar-refractivity contribution in [2.24, 2.45) is 0 Å². The Balaban J connectivity index is 2.38. The molecule has 0 saturated heterocycles. The lowest BCUT2D eigenvalue weighted by atomic mass is 10.3. The maximum Gasteiger partial charge on any atom is 0.223 e. The zero-order valence-corrected chi connectivity index (χ0v) is 10.5. The van der Waals surface area contributed by atoms with Gasteiger partial charge in [-0.25, -0.2) is 0 Å². The quantitative estimate of drug-likeness (QED) is 0.911. The largest absolute Gasteiger partial charge is 0.384 e. The van der Waals surface area contributed by atoms with Gasteiger partial charge >= 0.3 is 0 Å². The van der Waals surface area contributed by atoms with Crippen LogP contribution in [0.1, 0.15) is 6.42 Å². The number of hydrogen-bond acceptors (Lipinski definition) is 2. The van der Waals surface area contributed by atoms with Crippen LogP contribution in [0.2, 0.25) is 0 Å². The number of carbonyl (C=O) groups excluding carboxylic acids is 1. The molecule has 0 atom stereocenters. The second-order valence-corrected chi connectivity index (χ2v) is 4.30. The van der Waals surface area contributed by atoms with E-state index in [1.54, 1.807) is 19.0 Å². The Morgan fingerprint density at radius 3 is 2.67 bits per heavy atom. The summed E-state index contributed by atoms with van der Waals surface area (Å²) in [5.41, 5.74) is 1.02. The molecule has 0 aliphatic heterocycles. The van der Waals surface area contributed by atoms with Crippen LogP contribution in [0.5, 0.6) is 0 Å². The highest BCUT2D eigenvalue weighted by atomic mass is 79.9. The van der Waals surface area contributed by atoms with Crippen LogP contribution in [0.15, 0.2) is 28.7 Å². The average molecular weight is 271 g/mol. The number of amides is 1. The minimum absolute atomic E-state index is 0.134. The van der Waals surface area contributed by atoms with Crippen molar-refractivity contribution in [3.63, 3.8) is 0 Å². The van der Waals surface area contributed by atoms with E-state index < -0.39 is 0 Å². The molecular formula is C11H15BrN2O. The van der Waals surface area contributed by atoms with Gasteiger partial charge in [0.2, 0.25) is 5.91 Å². The molecule has 0 fully saturated rings. The molecule has 1 aromatic carbocycles. The third-order valence-corrected chi connectivity index (χ3v) is 2.72. The standard InChI is InChI=1S/C11H15BrN2O/c1-14(2)11(15)7-8-13-10-6-4-3-5-9(10)12/h3-6,13H,7-8H2,1-2H3. The number of halogens is 1. The summed E-state index contributed by atoms with van der Waals surface area (Å²) in [6.07, 6.45) is 0.508. The molecule has 0 saturated carbocycles. The molecule has 0 aromatic heterocycles. The van der Waals surface area contributed by atoms with E-state index >= 15 is 0 Å². The second kappa shape index (κ2) is 5.75. The van der Waals surface area contributed by atoms with Crippen LogP contribution in [-0.2, 0) is 4.79 Å². The number of nitrogens with zero attached hydrogens (tertiary/aromatic N) is 1. The number of para-hydroxylation sites is 1. The van der Waals surface area contributed by atoms with Crippen molar-refractivity contribution in [3.8, 4) is 0 Å². The first-order valence-corrected chi connectivity index (χ1v) is 5.59. The molecule has 0 unspecified atom stereocenters. The fourth-order valence-corrected chi connectivity index (χ4v) is 1.56. The van der Waals surface area contributed by atoms with E-state index in [-0.39, 0.29) is 5.91 Å². The molecule has 1 amide bonds. The summed E-state index contributed by atoms with van der Waals surface area (Å²) < 4.78 is 1.02. The predicted octanol–water partition coefficient (Wildman–Crippen LogP) is 2.34. The zero-order valence-electron chi connectivity index (χ0n) is 8.96. The topological polar surface area (TPSA) is 32.3 Å². The van der Waals surface area contributed by atoms with Crippen molar-refractivity contribution < 1.29 is 4.79 Å². The Hall–Kier alpha value is -1.03. The molecule has 15 heavy (non-hydrogen) atoms. The molecule has 3 nitrogen and oxygen atoms in total. The third-order valence-electron chi connectivity index (χ3n) is 2.03. The predicted molar refractivity (Wildman–Crippen MR) is 65.9 cm³/mol. The van der Waals surface area contributed by atoms with Crippen LogP contribution in [-0.4, -0.2) is 31.4 Å². The Bertz CT molecular complexity index is 339. The number of hydrogen-bond donors (Lipinski definition) is 1. The zero-order chi connectivity index (χ0) is 11.3. The van der Waals surface area contributed by atoms with E-state index in [9.17, 15) is 4.79 Å². The first-order valence-electron chi connectivity index (χ1n) is 4.80. The van der Waals surface area contributed by atoms with Gasteiger partial charge in [0, 0.05) is 37.2 Å². The van der Waals surface area contributed by atoms with Gasteiger partial charge in [0.25, 0.3) is 0 Å².